The molecule has 1 aliphatic heterocycles. The molecule has 0 radical (unpaired) electrons. The summed E-state index contributed by atoms with van der Waals surface area (Å²) in [5.74, 6) is 0.514. The van der Waals surface area contributed by atoms with Gasteiger partial charge in [-0.25, -0.2) is 4.79 Å². The molecule has 1 amide bonds. The van der Waals surface area contributed by atoms with E-state index in [0.717, 1.165) is 25.9 Å². The summed E-state index contributed by atoms with van der Waals surface area (Å²) in [6.45, 7) is 7.23. The summed E-state index contributed by atoms with van der Waals surface area (Å²) in [5.41, 5.74) is 0.840. The topological polar surface area (TPSA) is 29.5 Å². The van der Waals surface area contributed by atoms with E-state index in [-0.39, 0.29) is 25.0 Å². The Morgan fingerprint density at radius 2 is 1.95 bits per heavy atom. The van der Waals surface area contributed by atoms with Crippen molar-refractivity contribution in [2.75, 3.05) is 13.1 Å². The molecule has 0 bridgehead atoms. The maximum atomic E-state index is 12.0. The molecule has 1 aromatic carbocycles. The third kappa shape index (κ3) is 4.89. The number of hydrogen-bond acceptors (Lipinski definition) is 2. The molecule has 1 aromatic rings. The third-order valence-electron chi connectivity index (χ3n) is 3.32. The van der Waals surface area contributed by atoms with Gasteiger partial charge in [-0.3, -0.25) is 0 Å². The van der Waals surface area contributed by atoms with E-state index >= 15 is 0 Å². The average Bonchev–Trinajstić information content (AvgIpc) is 2.38. The number of benzene rings is 1. The molecule has 0 atom stereocenters. The van der Waals surface area contributed by atoms with Crippen LogP contribution in [0.3, 0.4) is 0 Å². The standard InChI is InChI=1S/C16H22NO2.Li/c1-16(2,3)19-15(18)17-11-9-14(10-12-17)13-7-5-4-6-8-13;/h4-7,14H,9-12H2,1-3H3;/q-1;+1. The predicted molar refractivity (Wildman–Crippen MR) is 75.1 cm³/mol. The molecule has 0 aromatic heterocycles. The molecule has 2 rings (SSSR count). The van der Waals surface area contributed by atoms with Crippen LogP contribution < -0.4 is 18.9 Å². The number of nitrogens with zero attached hydrogens (tertiary/aromatic N) is 1. The first-order valence-corrected chi connectivity index (χ1v) is 6.90. The Kier molecular flexibility index (Phi) is 6.17. The van der Waals surface area contributed by atoms with Crippen molar-refractivity contribution in [1.29, 1.82) is 0 Å². The molecule has 0 unspecified atom stereocenters. The van der Waals surface area contributed by atoms with Crippen LogP contribution in [0.25, 0.3) is 0 Å². The van der Waals surface area contributed by atoms with Gasteiger partial charge in [0, 0.05) is 13.1 Å². The first-order valence-electron chi connectivity index (χ1n) is 6.90. The molecule has 0 saturated carbocycles. The zero-order valence-electron chi connectivity index (χ0n) is 13.0. The Balaban J connectivity index is 0.00000200. The summed E-state index contributed by atoms with van der Waals surface area (Å²) in [6, 6.07) is 11.4. The Labute approximate surface area is 133 Å². The summed E-state index contributed by atoms with van der Waals surface area (Å²) in [6.07, 6.45) is 1.78. The first-order chi connectivity index (χ1) is 8.96. The number of hydrogen-bond donors (Lipinski definition) is 0. The molecule has 0 N–H and O–H groups in total. The van der Waals surface area contributed by atoms with Crippen LogP contribution in [0.15, 0.2) is 24.3 Å². The van der Waals surface area contributed by atoms with Gasteiger partial charge in [0.1, 0.15) is 5.60 Å². The van der Waals surface area contributed by atoms with E-state index < -0.39 is 5.60 Å². The van der Waals surface area contributed by atoms with Crippen molar-refractivity contribution in [2.45, 2.75) is 45.1 Å². The van der Waals surface area contributed by atoms with Gasteiger partial charge in [-0.05, 0) is 39.5 Å². The molecule has 1 aliphatic rings. The minimum Gasteiger partial charge on any atom is -0.444 e. The fourth-order valence-electron chi connectivity index (χ4n) is 2.36. The van der Waals surface area contributed by atoms with Gasteiger partial charge in [0.25, 0.3) is 0 Å². The smallest absolute Gasteiger partial charge is 0.444 e. The van der Waals surface area contributed by atoms with Gasteiger partial charge in [0.2, 0.25) is 0 Å². The number of likely N-dealkylation sites (tertiary alicyclic amines) is 1. The molecule has 1 fully saturated rings. The zero-order valence-corrected chi connectivity index (χ0v) is 13.0. The third-order valence-corrected chi connectivity index (χ3v) is 3.32. The van der Waals surface area contributed by atoms with Crippen LogP contribution in [0, 0.1) is 6.07 Å². The van der Waals surface area contributed by atoms with Crippen LogP contribution in [-0.4, -0.2) is 29.7 Å². The Bertz CT molecular complexity index is 420. The maximum absolute atomic E-state index is 12.0. The van der Waals surface area contributed by atoms with E-state index in [2.05, 4.69) is 12.1 Å². The molecule has 0 spiro atoms. The maximum Gasteiger partial charge on any atom is 1.00 e. The minimum absolute atomic E-state index is 0. The van der Waals surface area contributed by atoms with E-state index in [1.54, 1.807) is 0 Å². The first kappa shape index (κ1) is 17.1. The Hall–Kier alpha value is -0.913. The molecule has 4 heteroatoms. The van der Waals surface area contributed by atoms with Crippen LogP contribution in [0.5, 0.6) is 0 Å². The molecule has 1 heterocycles. The fourth-order valence-corrected chi connectivity index (χ4v) is 2.36. The molecule has 3 nitrogen and oxygen atoms in total. The Morgan fingerprint density at radius 3 is 2.45 bits per heavy atom. The molecule has 0 aliphatic carbocycles. The van der Waals surface area contributed by atoms with Crippen molar-refractivity contribution in [3.8, 4) is 0 Å². The van der Waals surface area contributed by atoms with Crippen molar-refractivity contribution < 1.29 is 28.4 Å². The summed E-state index contributed by atoms with van der Waals surface area (Å²) in [4.78, 5) is 13.8. The van der Waals surface area contributed by atoms with Crippen LogP contribution in [0.2, 0.25) is 0 Å². The van der Waals surface area contributed by atoms with Crippen LogP contribution in [-0.2, 0) is 4.74 Å². The summed E-state index contributed by atoms with van der Waals surface area (Å²) in [7, 11) is 0. The summed E-state index contributed by atoms with van der Waals surface area (Å²) in [5, 5.41) is 0. The van der Waals surface area contributed by atoms with E-state index in [9.17, 15) is 4.79 Å². The second kappa shape index (κ2) is 7.20. The molecular formula is C16H22LiNO2. The van der Waals surface area contributed by atoms with Crippen molar-refractivity contribution in [3.05, 3.63) is 35.9 Å². The average molecular weight is 267 g/mol. The van der Waals surface area contributed by atoms with Gasteiger partial charge < -0.3 is 9.64 Å². The van der Waals surface area contributed by atoms with Crippen molar-refractivity contribution in [2.24, 2.45) is 0 Å². The second-order valence-corrected chi connectivity index (χ2v) is 6.06. The molecule has 1 saturated heterocycles. The van der Waals surface area contributed by atoms with Gasteiger partial charge >= 0.3 is 25.0 Å². The normalized spacial score (nSPS) is 16.4. The summed E-state index contributed by atoms with van der Waals surface area (Å²) >= 11 is 0. The van der Waals surface area contributed by atoms with Gasteiger partial charge in [-0.15, -0.1) is 0 Å². The van der Waals surface area contributed by atoms with E-state index in [1.807, 2.05) is 43.9 Å². The van der Waals surface area contributed by atoms with Gasteiger partial charge in [0.05, 0.1) is 0 Å². The number of carbonyl (C=O) groups is 1. The number of amides is 1. The Morgan fingerprint density at radius 1 is 1.30 bits per heavy atom. The number of piperidine rings is 1. The van der Waals surface area contributed by atoms with E-state index in [1.165, 1.54) is 5.56 Å². The molecule has 104 valence electrons. The van der Waals surface area contributed by atoms with Crippen LogP contribution in [0.1, 0.15) is 45.1 Å². The number of carbonyl (C=O) groups excluding carboxylic acids is 1. The van der Waals surface area contributed by atoms with Gasteiger partial charge in [0.15, 0.2) is 0 Å². The predicted octanol–water partition coefficient (Wildman–Crippen LogP) is 0.605. The second-order valence-electron chi connectivity index (χ2n) is 6.06. The zero-order chi connectivity index (χ0) is 13.9. The van der Waals surface area contributed by atoms with Crippen molar-refractivity contribution >= 4 is 6.09 Å². The van der Waals surface area contributed by atoms with Crippen LogP contribution >= 0.6 is 0 Å². The largest absolute Gasteiger partial charge is 1.00 e. The van der Waals surface area contributed by atoms with Crippen molar-refractivity contribution in [3.63, 3.8) is 0 Å². The monoisotopic (exact) mass is 267 g/mol. The minimum atomic E-state index is -0.416. The van der Waals surface area contributed by atoms with Gasteiger partial charge in [-0.2, -0.15) is 35.9 Å². The quantitative estimate of drug-likeness (QED) is 0.551. The van der Waals surface area contributed by atoms with E-state index in [4.69, 9.17) is 4.74 Å². The van der Waals surface area contributed by atoms with Crippen molar-refractivity contribution in [1.82, 2.24) is 4.90 Å². The van der Waals surface area contributed by atoms with Crippen LogP contribution in [0.4, 0.5) is 4.79 Å². The number of rotatable bonds is 1. The SMILES string of the molecule is CC(C)(C)OC(=O)N1CCC(c2[c-]cccc2)CC1.[Li+]. The van der Waals surface area contributed by atoms with Gasteiger partial charge in [-0.1, -0.05) is 0 Å². The fraction of sp³-hybridized carbons (Fsp3) is 0.562. The molecule has 20 heavy (non-hydrogen) atoms. The van der Waals surface area contributed by atoms with E-state index in [0.29, 0.717) is 5.92 Å². The summed E-state index contributed by atoms with van der Waals surface area (Å²) < 4.78 is 5.40. The molecular weight excluding hydrogens is 245 g/mol. The number of ether oxygens (including phenoxy) is 1.